The minimum absolute atomic E-state index is 0.0220. The second kappa shape index (κ2) is 12.7. The lowest BCUT2D eigenvalue weighted by atomic mass is 9.94. The van der Waals surface area contributed by atoms with Crippen molar-refractivity contribution in [3.05, 3.63) is 68.8 Å². The van der Waals surface area contributed by atoms with Crippen LogP contribution in [0.3, 0.4) is 0 Å². The van der Waals surface area contributed by atoms with Crippen LogP contribution >= 0.6 is 0 Å². The lowest BCUT2D eigenvalue weighted by Gasteiger charge is -2.22. The third kappa shape index (κ3) is 7.76. The van der Waals surface area contributed by atoms with Gasteiger partial charge in [0, 0.05) is 5.56 Å². The maximum absolute atomic E-state index is 12.0. The van der Waals surface area contributed by atoms with E-state index in [1.807, 2.05) is 79.7 Å². The Balaban J connectivity index is 0.000000204. The van der Waals surface area contributed by atoms with Gasteiger partial charge in [-0.2, -0.15) is 5.26 Å². The first-order valence-corrected chi connectivity index (χ1v) is 15.0. The lowest BCUT2D eigenvalue weighted by Crippen LogP contribution is -2.34. The van der Waals surface area contributed by atoms with Gasteiger partial charge in [-0.3, -0.25) is 0 Å². The normalized spacial score (nSPS) is 18.5. The summed E-state index contributed by atoms with van der Waals surface area (Å²) in [6.07, 6.45) is 2.86. The molecular formula is C34H42N4O6. The Morgan fingerprint density at radius 2 is 1.36 bits per heavy atom. The number of nitrogens with one attached hydrogen (secondary N) is 2. The maximum Gasteiger partial charge on any atom is 0.408 e. The third-order valence-electron chi connectivity index (χ3n) is 7.77. The number of amides is 2. The number of alkyl carbamates (subject to hydrolysis) is 2. The zero-order valence-corrected chi connectivity index (χ0v) is 26.8. The van der Waals surface area contributed by atoms with Crippen molar-refractivity contribution in [2.24, 2.45) is 5.16 Å². The van der Waals surface area contributed by atoms with Crippen LogP contribution in [-0.2, 0) is 31.9 Å². The monoisotopic (exact) mass is 602 g/mol. The van der Waals surface area contributed by atoms with E-state index in [2.05, 4.69) is 26.7 Å². The number of ether oxygens (including phenoxy) is 2. The van der Waals surface area contributed by atoms with E-state index in [0.717, 1.165) is 53.5 Å². The summed E-state index contributed by atoms with van der Waals surface area (Å²) in [6, 6.07) is 9.84. The molecular weight excluding hydrogens is 560 g/mol. The predicted molar refractivity (Wildman–Crippen MR) is 165 cm³/mol. The summed E-state index contributed by atoms with van der Waals surface area (Å²) in [5.74, 6) is -0.325. The first kappa shape index (κ1) is 32.5. The number of fused-ring (bicyclic) bond motifs is 2. The molecule has 0 unspecified atom stereocenters. The average molecular weight is 603 g/mol. The summed E-state index contributed by atoms with van der Waals surface area (Å²) in [7, 11) is 0. The number of rotatable bonds is 3. The van der Waals surface area contributed by atoms with E-state index in [1.54, 1.807) is 0 Å². The smallest absolute Gasteiger partial charge is 0.408 e. The minimum atomic E-state index is -0.515. The molecule has 3 aliphatic rings. The van der Waals surface area contributed by atoms with Crippen LogP contribution in [0.5, 0.6) is 0 Å². The van der Waals surface area contributed by atoms with Crippen molar-refractivity contribution >= 4 is 23.9 Å². The van der Waals surface area contributed by atoms with Crippen LogP contribution in [0.2, 0.25) is 0 Å². The summed E-state index contributed by atoms with van der Waals surface area (Å²) in [4.78, 5) is 39.8. The first-order valence-electron chi connectivity index (χ1n) is 15.0. The van der Waals surface area contributed by atoms with Crippen molar-refractivity contribution in [1.29, 1.82) is 5.26 Å². The van der Waals surface area contributed by atoms with Crippen molar-refractivity contribution in [2.75, 3.05) is 0 Å². The van der Waals surface area contributed by atoms with Crippen molar-refractivity contribution in [3.8, 4) is 6.07 Å². The highest BCUT2D eigenvalue weighted by atomic mass is 16.7. The van der Waals surface area contributed by atoms with Crippen molar-refractivity contribution in [2.45, 2.75) is 111 Å². The topological polar surface area (TPSA) is 139 Å². The molecule has 1 aliphatic heterocycles. The minimum Gasteiger partial charge on any atom is -0.444 e. The Morgan fingerprint density at radius 3 is 1.82 bits per heavy atom. The second-order valence-electron chi connectivity index (χ2n) is 13.4. The molecule has 2 N–H and O–H groups in total. The number of nitriles is 1. The highest BCUT2D eigenvalue weighted by Crippen LogP contribution is 2.36. The Bertz CT molecular complexity index is 1540. The van der Waals surface area contributed by atoms with E-state index in [-0.39, 0.29) is 24.5 Å². The van der Waals surface area contributed by atoms with Gasteiger partial charge in [0.25, 0.3) is 0 Å². The molecule has 0 radical (unpaired) electrons. The van der Waals surface area contributed by atoms with Crippen LogP contribution in [-0.4, -0.2) is 35.1 Å². The molecule has 2 aromatic rings. The molecule has 10 heteroatoms. The standard InChI is InChI=1S/C18H22N2O4.C16H20N2O2/c1-10-11-7-8-14(19-17(22)23-18(2,3)4)13(11)6-5-12(10)15-9-16(21)24-20-15;1-10-11(9-17)5-6-13-12(10)7-8-14(13)18-15(19)20-16(2,3)4/h5-6,14H,7-9H2,1-4H3,(H,19,22);5-6,14H,7-8H2,1-4H3,(H,18,19)/t2*14-/m00/s1. The number of oxime groups is 1. The molecule has 0 saturated heterocycles. The summed E-state index contributed by atoms with van der Waals surface area (Å²) < 4.78 is 10.6. The SMILES string of the molecule is Cc1c(C#N)ccc2c1CC[C@@H]2NC(=O)OC(C)(C)C.Cc1c(C2=NOC(=O)C2)ccc2c1CC[C@@H]2NC(=O)OC(C)(C)C. The molecule has 0 fully saturated rings. The molecule has 2 aromatic carbocycles. The zero-order valence-electron chi connectivity index (χ0n) is 26.8. The molecule has 2 atom stereocenters. The van der Waals surface area contributed by atoms with Crippen LogP contribution in [0.1, 0.15) is 117 Å². The van der Waals surface area contributed by atoms with Gasteiger partial charge in [-0.25, -0.2) is 14.4 Å². The summed E-state index contributed by atoms with van der Waals surface area (Å²) in [5, 5.41) is 18.8. The number of benzene rings is 2. The largest absolute Gasteiger partial charge is 0.444 e. The van der Waals surface area contributed by atoms with Crippen molar-refractivity contribution in [1.82, 2.24) is 10.6 Å². The number of carbonyl (C=O) groups is 3. The molecule has 1 heterocycles. The molecule has 44 heavy (non-hydrogen) atoms. The van der Waals surface area contributed by atoms with E-state index >= 15 is 0 Å². The zero-order chi connectivity index (χ0) is 32.4. The highest BCUT2D eigenvalue weighted by Gasteiger charge is 2.30. The van der Waals surface area contributed by atoms with Crippen LogP contribution in [0.25, 0.3) is 0 Å². The van der Waals surface area contributed by atoms with Crippen LogP contribution < -0.4 is 10.6 Å². The van der Waals surface area contributed by atoms with Gasteiger partial charge in [0.2, 0.25) is 0 Å². The lowest BCUT2D eigenvalue weighted by molar-refractivity contribution is -0.140. The fourth-order valence-electron chi connectivity index (χ4n) is 5.85. The van der Waals surface area contributed by atoms with E-state index in [9.17, 15) is 14.4 Å². The van der Waals surface area contributed by atoms with E-state index in [1.165, 1.54) is 11.1 Å². The number of nitrogens with zero attached hydrogens (tertiary/aromatic N) is 2. The molecule has 0 spiro atoms. The quantitative estimate of drug-likeness (QED) is 0.381. The average Bonchev–Trinajstić information content (AvgIpc) is 3.62. The van der Waals surface area contributed by atoms with Crippen LogP contribution in [0.15, 0.2) is 29.4 Å². The summed E-state index contributed by atoms with van der Waals surface area (Å²) >= 11 is 0. The first-order chi connectivity index (χ1) is 20.6. The molecule has 234 valence electrons. The van der Waals surface area contributed by atoms with Gasteiger partial charge in [-0.1, -0.05) is 23.4 Å². The Morgan fingerprint density at radius 1 is 0.864 bits per heavy atom. The van der Waals surface area contributed by atoms with E-state index in [4.69, 9.17) is 14.7 Å². The predicted octanol–water partition coefficient (Wildman–Crippen LogP) is 6.54. The molecule has 2 aliphatic carbocycles. The van der Waals surface area contributed by atoms with Gasteiger partial charge < -0.3 is 24.9 Å². The van der Waals surface area contributed by atoms with Crippen LogP contribution in [0.4, 0.5) is 9.59 Å². The molecule has 0 aromatic heterocycles. The molecule has 5 rings (SSSR count). The fourth-order valence-corrected chi connectivity index (χ4v) is 5.85. The fraction of sp³-hybridized carbons (Fsp3) is 0.500. The van der Waals surface area contributed by atoms with Crippen molar-refractivity contribution in [3.63, 3.8) is 0 Å². The Hall–Kier alpha value is -4.39. The number of hydrogen-bond donors (Lipinski definition) is 2. The Labute approximate surface area is 259 Å². The van der Waals surface area contributed by atoms with Gasteiger partial charge in [-0.05, 0) is 121 Å². The van der Waals surface area contributed by atoms with Crippen LogP contribution in [0, 0.1) is 25.2 Å². The third-order valence-corrected chi connectivity index (χ3v) is 7.77. The molecule has 0 bridgehead atoms. The maximum atomic E-state index is 12.0. The second-order valence-corrected chi connectivity index (χ2v) is 13.4. The van der Waals surface area contributed by atoms with Gasteiger partial charge in [-0.15, -0.1) is 0 Å². The summed E-state index contributed by atoms with van der Waals surface area (Å²) in [5.41, 5.74) is 8.03. The van der Waals surface area contributed by atoms with E-state index < -0.39 is 23.4 Å². The molecule has 0 saturated carbocycles. The molecule has 2 amide bonds. The molecule has 10 nitrogen and oxygen atoms in total. The number of hydrogen-bond acceptors (Lipinski definition) is 8. The number of carbonyl (C=O) groups excluding carboxylic acids is 3. The Kier molecular flexibility index (Phi) is 9.38. The van der Waals surface area contributed by atoms with Gasteiger partial charge in [0.05, 0.1) is 35.8 Å². The highest BCUT2D eigenvalue weighted by molar-refractivity contribution is 6.12. The van der Waals surface area contributed by atoms with Gasteiger partial charge >= 0.3 is 18.2 Å². The van der Waals surface area contributed by atoms with E-state index in [0.29, 0.717) is 11.3 Å². The van der Waals surface area contributed by atoms with Gasteiger partial charge in [0.15, 0.2) is 0 Å². The van der Waals surface area contributed by atoms with Gasteiger partial charge in [0.1, 0.15) is 11.2 Å². The summed E-state index contributed by atoms with van der Waals surface area (Å²) in [6.45, 7) is 15.1. The van der Waals surface area contributed by atoms with Crippen molar-refractivity contribution < 1.29 is 28.7 Å².